The molecule has 1 unspecified atom stereocenters. The van der Waals surface area contributed by atoms with E-state index in [0.29, 0.717) is 5.92 Å². The van der Waals surface area contributed by atoms with Crippen molar-refractivity contribution in [2.45, 2.75) is 19.8 Å². The van der Waals surface area contributed by atoms with Gasteiger partial charge in [0.2, 0.25) is 0 Å². The molecule has 3 rings (SSSR count). The van der Waals surface area contributed by atoms with Crippen molar-refractivity contribution in [3.8, 4) is 11.1 Å². The molecule has 2 aromatic rings. The summed E-state index contributed by atoms with van der Waals surface area (Å²) >= 11 is 6.29. The first-order valence-corrected chi connectivity index (χ1v) is 6.49. The zero-order chi connectivity index (χ0) is 11.8. The Bertz CT molecular complexity index is 543. The molecular weight excluding hydrogens is 228 g/mol. The summed E-state index contributed by atoms with van der Waals surface area (Å²) in [4.78, 5) is 0. The summed E-state index contributed by atoms with van der Waals surface area (Å²) in [5.41, 5.74) is 5.47. The van der Waals surface area contributed by atoms with Gasteiger partial charge >= 0.3 is 0 Å². The summed E-state index contributed by atoms with van der Waals surface area (Å²) in [5.74, 6) is 0.715. The number of halogens is 1. The van der Waals surface area contributed by atoms with E-state index in [0.717, 1.165) is 17.9 Å². The summed E-state index contributed by atoms with van der Waals surface area (Å²) in [7, 11) is 0. The number of fused-ring (bicyclic) bond motifs is 1. The summed E-state index contributed by atoms with van der Waals surface area (Å²) in [6.45, 7) is 2.30. The van der Waals surface area contributed by atoms with E-state index in [-0.39, 0.29) is 0 Å². The van der Waals surface area contributed by atoms with Gasteiger partial charge in [-0.1, -0.05) is 54.9 Å². The van der Waals surface area contributed by atoms with Gasteiger partial charge in [-0.2, -0.15) is 0 Å². The molecule has 0 heterocycles. The molecule has 1 aliphatic rings. The van der Waals surface area contributed by atoms with Gasteiger partial charge in [-0.3, -0.25) is 0 Å². The maximum atomic E-state index is 6.29. The average Bonchev–Trinajstić information content (AvgIpc) is 2.73. The molecule has 0 nitrogen and oxygen atoms in total. The van der Waals surface area contributed by atoms with E-state index in [1.165, 1.54) is 22.3 Å². The lowest BCUT2D eigenvalue weighted by atomic mass is 9.97. The van der Waals surface area contributed by atoms with Crippen LogP contribution in [0.2, 0.25) is 5.02 Å². The highest BCUT2D eigenvalue weighted by Crippen LogP contribution is 2.38. The van der Waals surface area contributed by atoms with E-state index >= 15 is 0 Å². The fourth-order valence-corrected chi connectivity index (χ4v) is 3.03. The Morgan fingerprint density at radius 3 is 2.41 bits per heavy atom. The van der Waals surface area contributed by atoms with Crippen molar-refractivity contribution in [2.75, 3.05) is 0 Å². The molecule has 1 heteroatoms. The van der Waals surface area contributed by atoms with Gasteiger partial charge in [-0.25, -0.2) is 0 Å². The monoisotopic (exact) mass is 242 g/mol. The minimum absolute atomic E-state index is 0.715. The van der Waals surface area contributed by atoms with Gasteiger partial charge in [0.25, 0.3) is 0 Å². The third-order valence-electron chi connectivity index (χ3n) is 3.56. The molecule has 1 aliphatic carbocycles. The van der Waals surface area contributed by atoms with Gasteiger partial charge in [0, 0.05) is 5.02 Å². The van der Waals surface area contributed by atoms with Crippen molar-refractivity contribution in [1.29, 1.82) is 0 Å². The minimum atomic E-state index is 0.715. The predicted octanol–water partition coefficient (Wildman–Crippen LogP) is 4.74. The molecule has 17 heavy (non-hydrogen) atoms. The standard InChI is InChI=1S/C16H15Cl/c1-11-9-14-13(12-5-3-2-4-6-12)7-8-16(17)15(14)10-11/h2-8,11H,9-10H2,1H3. The molecule has 0 amide bonds. The van der Waals surface area contributed by atoms with E-state index in [4.69, 9.17) is 11.6 Å². The first-order chi connectivity index (χ1) is 8.25. The van der Waals surface area contributed by atoms with Crippen LogP contribution in [0.25, 0.3) is 11.1 Å². The molecule has 0 bridgehead atoms. The molecule has 2 aromatic carbocycles. The Morgan fingerprint density at radius 2 is 1.65 bits per heavy atom. The smallest absolute Gasteiger partial charge is 0.0441 e. The second-order valence-corrected chi connectivity index (χ2v) is 5.34. The van der Waals surface area contributed by atoms with Crippen LogP contribution in [-0.4, -0.2) is 0 Å². The lowest BCUT2D eigenvalue weighted by molar-refractivity contribution is 0.628. The summed E-state index contributed by atoms with van der Waals surface area (Å²) in [5, 5.41) is 0.934. The highest BCUT2D eigenvalue weighted by Gasteiger charge is 2.23. The van der Waals surface area contributed by atoms with Crippen molar-refractivity contribution < 1.29 is 0 Å². The third-order valence-corrected chi connectivity index (χ3v) is 3.92. The van der Waals surface area contributed by atoms with Crippen molar-refractivity contribution in [3.63, 3.8) is 0 Å². The Hall–Kier alpha value is -1.27. The minimum Gasteiger partial charge on any atom is -0.0840 e. The molecule has 86 valence electrons. The second-order valence-electron chi connectivity index (χ2n) is 4.93. The van der Waals surface area contributed by atoms with Crippen molar-refractivity contribution in [2.24, 2.45) is 5.92 Å². The average molecular weight is 243 g/mol. The first kappa shape index (κ1) is 10.9. The predicted molar refractivity (Wildman–Crippen MR) is 73.5 cm³/mol. The van der Waals surface area contributed by atoms with Crippen LogP contribution in [0.4, 0.5) is 0 Å². The Balaban J connectivity index is 2.18. The lowest BCUT2D eigenvalue weighted by Crippen LogP contribution is -1.91. The Morgan fingerprint density at radius 1 is 0.941 bits per heavy atom. The third kappa shape index (κ3) is 1.87. The number of hydrogen-bond acceptors (Lipinski definition) is 0. The van der Waals surface area contributed by atoms with E-state index in [1.807, 2.05) is 6.07 Å². The van der Waals surface area contributed by atoms with Crippen LogP contribution < -0.4 is 0 Å². The van der Waals surface area contributed by atoms with E-state index in [9.17, 15) is 0 Å². The van der Waals surface area contributed by atoms with Gasteiger partial charge in [-0.05, 0) is 47.1 Å². The molecule has 0 radical (unpaired) electrons. The van der Waals surface area contributed by atoms with Gasteiger partial charge < -0.3 is 0 Å². The van der Waals surface area contributed by atoms with Crippen LogP contribution in [0, 0.1) is 5.92 Å². The first-order valence-electron chi connectivity index (χ1n) is 6.11. The quantitative estimate of drug-likeness (QED) is 0.678. The van der Waals surface area contributed by atoms with Gasteiger partial charge in [0.05, 0.1) is 0 Å². The maximum Gasteiger partial charge on any atom is 0.0441 e. The van der Waals surface area contributed by atoms with Crippen LogP contribution in [0.1, 0.15) is 18.1 Å². The number of benzene rings is 2. The topological polar surface area (TPSA) is 0 Å². The molecule has 0 N–H and O–H groups in total. The molecular formula is C16H15Cl. The molecule has 0 spiro atoms. The van der Waals surface area contributed by atoms with Crippen molar-refractivity contribution in [3.05, 3.63) is 58.6 Å². The fraction of sp³-hybridized carbons (Fsp3) is 0.250. The summed E-state index contributed by atoms with van der Waals surface area (Å²) in [6.07, 6.45) is 2.27. The summed E-state index contributed by atoms with van der Waals surface area (Å²) < 4.78 is 0. The van der Waals surface area contributed by atoms with Gasteiger partial charge in [0.1, 0.15) is 0 Å². The molecule has 0 saturated carbocycles. The summed E-state index contributed by atoms with van der Waals surface area (Å²) in [6, 6.07) is 14.8. The zero-order valence-electron chi connectivity index (χ0n) is 9.91. The van der Waals surface area contributed by atoms with E-state index < -0.39 is 0 Å². The molecule has 0 aliphatic heterocycles. The van der Waals surface area contributed by atoms with E-state index in [2.05, 4.69) is 43.3 Å². The number of rotatable bonds is 1. The van der Waals surface area contributed by atoms with Gasteiger partial charge in [-0.15, -0.1) is 0 Å². The molecule has 0 fully saturated rings. The molecule has 1 atom stereocenters. The maximum absolute atomic E-state index is 6.29. The van der Waals surface area contributed by atoms with Crippen LogP contribution in [0.5, 0.6) is 0 Å². The fourth-order valence-electron chi connectivity index (χ4n) is 2.78. The largest absolute Gasteiger partial charge is 0.0840 e. The highest BCUT2D eigenvalue weighted by molar-refractivity contribution is 6.31. The second kappa shape index (κ2) is 4.19. The Kier molecular flexibility index (Phi) is 2.68. The van der Waals surface area contributed by atoms with Crippen LogP contribution in [0.15, 0.2) is 42.5 Å². The molecule has 0 aromatic heterocycles. The zero-order valence-corrected chi connectivity index (χ0v) is 10.7. The molecule has 0 saturated heterocycles. The lowest BCUT2D eigenvalue weighted by Gasteiger charge is -2.10. The Labute approximate surface area is 107 Å². The SMILES string of the molecule is CC1Cc2c(Cl)ccc(-c3ccccc3)c2C1. The van der Waals surface area contributed by atoms with E-state index in [1.54, 1.807) is 0 Å². The van der Waals surface area contributed by atoms with Crippen LogP contribution >= 0.6 is 11.6 Å². The van der Waals surface area contributed by atoms with Crippen molar-refractivity contribution >= 4 is 11.6 Å². The number of hydrogen-bond donors (Lipinski definition) is 0. The van der Waals surface area contributed by atoms with Crippen LogP contribution in [0.3, 0.4) is 0 Å². The van der Waals surface area contributed by atoms with Gasteiger partial charge in [0.15, 0.2) is 0 Å². The van der Waals surface area contributed by atoms with Crippen LogP contribution in [-0.2, 0) is 12.8 Å². The van der Waals surface area contributed by atoms with Crippen molar-refractivity contribution in [1.82, 2.24) is 0 Å². The highest BCUT2D eigenvalue weighted by atomic mass is 35.5. The normalized spacial score (nSPS) is 18.1.